The summed E-state index contributed by atoms with van der Waals surface area (Å²) in [7, 11) is 1.77. The zero-order valence-electron chi connectivity index (χ0n) is 19.8. The van der Waals surface area contributed by atoms with E-state index >= 15 is 0 Å². The van der Waals surface area contributed by atoms with Crippen LogP contribution in [0.25, 0.3) is 0 Å². The second-order valence-corrected chi connectivity index (χ2v) is 8.98. The Labute approximate surface area is 204 Å². The molecule has 0 spiro atoms. The fraction of sp³-hybridized carbons (Fsp3) is 0.857. The molecule has 1 unspecified atom stereocenters. The summed E-state index contributed by atoms with van der Waals surface area (Å²) in [4.78, 5) is 34.3. The number of carbonyl (C=O) groups is 2. The third-order valence-corrected chi connectivity index (χ3v) is 5.38. The Morgan fingerprint density at radius 1 is 1.10 bits per heavy atom. The number of rotatable bonds is 6. The van der Waals surface area contributed by atoms with Crippen LogP contribution in [0.1, 0.15) is 47.0 Å². The quantitative estimate of drug-likeness (QED) is 0.226. The van der Waals surface area contributed by atoms with Crippen LogP contribution in [-0.2, 0) is 9.53 Å². The average Bonchev–Trinajstić information content (AvgIpc) is 3.17. The van der Waals surface area contributed by atoms with Gasteiger partial charge in [0.05, 0.1) is 0 Å². The van der Waals surface area contributed by atoms with E-state index in [0.717, 1.165) is 58.1 Å². The number of nitrogens with zero attached hydrogens (tertiary/aromatic N) is 4. The molecule has 2 N–H and O–H groups in total. The molecule has 2 heterocycles. The van der Waals surface area contributed by atoms with E-state index in [2.05, 4.69) is 20.5 Å². The number of guanidine groups is 1. The maximum atomic E-state index is 12.1. The molecule has 0 aliphatic carbocycles. The van der Waals surface area contributed by atoms with Gasteiger partial charge in [0.2, 0.25) is 5.91 Å². The molecule has 2 rings (SSSR count). The highest BCUT2D eigenvalue weighted by molar-refractivity contribution is 14.0. The summed E-state index contributed by atoms with van der Waals surface area (Å²) in [5.41, 5.74) is -0.450. The molecule has 0 bridgehead atoms. The Morgan fingerprint density at radius 3 is 2.35 bits per heavy atom. The van der Waals surface area contributed by atoms with Crippen molar-refractivity contribution in [2.75, 3.05) is 59.4 Å². The van der Waals surface area contributed by atoms with E-state index in [1.165, 1.54) is 0 Å². The van der Waals surface area contributed by atoms with Crippen molar-refractivity contribution in [1.29, 1.82) is 0 Å². The van der Waals surface area contributed by atoms with Gasteiger partial charge in [-0.1, -0.05) is 6.92 Å². The summed E-state index contributed by atoms with van der Waals surface area (Å²) in [5, 5.41) is 6.79. The number of nitrogens with one attached hydrogen (secondary N) is 2. The molecule has 0 saturated carbocycles. The van der Waals surface area contributed by atoms with Gasteiger partial charge in [-0.05, 0) is 40.2 Å². The average molecular weight is 553 g/mol. The van der Waals surface area contributed by atoms with Gasteiger partial charge in [0.1, 0.15) is 5.60 Å². The van der Waals surface area contributed by atoms with E-state index in [1.54, 1.807) is 11.9 Å². The fourth-order valence-electron chi connectivity index (χ4n) is 3.71. The number of hydrogen-bond acceptors (Lipinski definition) is 5. The summed E-state index contributed by atoms with van der Waals surface area (Å²) >= 11 is 0. The van der Waals surface area contributed by atoms with Crippen LogP contribution in [0.2, 0.25) is 0 Å². The monoisotopic (exact) mass is 552 g/mol. The Morgan fingerprint density at radius 2 is 1.77 bits per heavy atom. The SMILES string of the molecule is CCC(=O)N1CCC(NC(=NC)NCCCN2CCN(C(=O)OC(C)(C)C)CC2)C1.I. The molecule has 31 heavy (non-hydrogen) atoms. The van der Waals surface area contributed by atoms with Crippen LogP contribution in [0, 0.1) is 0 Å². The summed E-state index contributed by atoms with van der Waals surface area (Å²) in [6.45, 7) is 14.1. The van der Waals surface area contributed by atoms with Crippen molar-refractivity contribution in [1.82, 2.24) is 25.3 Å². The van der Waals surface area contributed by atoms with E-state index < -0.39 is 5.60 Å². The van der Waals surface area contributed by atoms with Gasteiger partial charge in [-0.3, -0.25) is 14.7 Å². The maximum Gasteiger partial charge on any atom is 0.410 e. The lowest BCUT2D eigenvalue weighted by atomic mass is 10.2. The van der Waals surface area contributed by atoms with Gasteiger partial charge in [0.25, 0.3) is 0 Å². The molecule has 0 radical (unpaired) electrons. The number of halogens is 1. The first-order valence-electron chi connectivity index (χ1n) is 11.2. The number of aliphatic imine (C=N–C) groups is 1. The number of piperazine rings is 1. The summed E-state index contributed by atoms with van der Waals surface area (Å²) in [6.07, 6.45) is 2.29. The Kier molecular flexibility index (Phi) is 11.9. The second kappa shape index (κ2) is 13.3. The van der Waals surface area contributed by atoms with Gasteiger partial charge >= 0.3 is 6.09 Å². The van der Waals surface area contributed by atoms with Crippen LogP contribution in [0.3, 0.4) is 0 Å². The summed E-state index contributed by atoms with van der Waals surface area (Å²) in [5.74, 6) is 1.01. The third kappa shape index (κ3) is 9.80. The number of likely N-dealkylation sites (tertiary alicyclic amines) is 1. The predicted molar refractivity (Wildman–Crippen MR) is 134 cm³/mol. The van der Waals surface area contributed by atoms with Gasteiger partial charge in [-0.15, -0.1) is 24.0 Å². The summed E-state index contributed by atoms with van der Waals surface area (Å²) in [6, 6.07) is 0.257. The lowest BCUT2D eigenvalue weighted by molar-refractivity contribution is -0.129. The van der Waals surface area contributed by atoms with Crippen LogP contribution in [-0.4, -0.2) is 104 Å². The topological polar surface area (TPSA) is 89.5 Å². The molecule has 0 aromatic heterocycles. The number of ether oxygens (including phenoxy) is 1. The molecule has 2 amide bonds. The molecule has 0 aromatic rings. The van der Waals surface area contributed by atoms with Gasteiger partial charge in [-0.25, -0.2) is 4.79 Å². The second-order valence-electron chi connectivity index (χ2n) is 8.98. The highest BCUT2D eigenvalue weighted by Crippen LogP contribution is 2.12. The molecule has 2 saturated heterocycles. The first-order chi connectivity index (χ1) is 14.2. The number of amides is 2. The van der Waals surface area contributed by atoms with Crippen molar-refractivity contribution in [3.05, 3.63) is 0 Å². The molecule has 2 aliphatic heterocycles. The van der Waals surface area contributed by atoms with Crippen LogP contribution >= 0.6 is 24.0 Å². The third-order valence-electron chi connectivity index (χ3n) is 5.38. The van der Waals surface area contributed by atoms with Crippen molar-refractivity contribution >= 4 is 41.9 Å². The smallest absolute Gasteiger partial charge is 0.410 e. The minimum atomic E-state index is -0.450. The molecular formula is C21H41IN6O3. The molecule has 10 heteroatoms. The van der Waals surface area contributed by atoms with Crippen LogP contribution < -0.4 is 10.6 Å². The molecule has 2 fully saturated rings. The molecule has 9 nitrogen and oxygen atoms in total. The number of carbonyl (C=O) groups excluding carboxylic acids is 2. The van der Waals surface area contributed by atoms with Gasteiger partial charge in [0.15, 0.2) is 5.96 Å². The predicted octanol–water partition coefficient (Wildman–Crippen LogP) is 1.72. The molecule has 2 aliphatic rings. The van der Waals surface area contributed by atoms with Gasteiger partial charge < -0.3 is 25.2 Å². The van der Waals surface area contributed by atoms with E-state index in [0.29, 0.717) is 19.5 Å². The molecule has 0 aromatic carbocycles. The first-order valence-corrected chi connectivity index (χ1v) is 11.2. The van der Waals surface area contributed by atoms with Crippen LogP contribution in [0.15, 0.2) is 4.99 Å². The van der Waals surface area contributed by atoms with Gasteiger partial charge in [0, 0.05) is 65.3 Å². The highest BCUT2D eigenvalue weighted by Gasteiger charge is 2.27. The van der Waals surface area contributed by atoms with E-state index in [4.69, 9.17) is 4.74 Å². The lowest BCUT2D eigenvalue weighted by Crippen LogP contribution is -2.50. The lowest BCUT2D eigenvalue weighted by Gasteiger charge is -2.35. The number of hydrogen-bond donors (Lipinski definition) is 2. The Balaban J connectivity index is 0.00000480. The van der Waals surface area contributed by atoms with E-state index in [-0.39, 0.29) is 42.0 Å². The minimum Gasteiger partial charge on any atom is -0.444 e. The maximum absolute atomic E-state index is 12.1. The summed E-state index contributed by atoms with van der Waals surface area (Å²) < 4.78 is 5.45. The molecular weight excluding hydrogens is 511 g/mol. The zero-order chi connectivity index (χ0) is 22.1. The minimum absolute atomic E-state index is 0. The highest BCUT2D eigenvalue weighted by atomic mass is 127. The largest absolute Gasteiger partial charge is 0.444 e. The molecule has 180 valence electrons. The van der Waals surface area contributed by atoms with Crippen molar-refractivity contribution in [2.45, 2.75) is 58.6 Å². The van der Waals surface area contributed by atoms with Crippen molar-refractivity contribution in [2.24, 2.45) is 4.99 Å². The zero-order valence-corrected chi connectivity index (χ0v) is 22.1. The first kappa shape index (κ1) is 27.7. The normalized spacial score (nSPS) is 20.3. The Hall–Kier alpha value is -1.30. The Bertz CT molecular complexity index is 602. The standard InChI is InChI=1S/C21H40N6O3.HI/c1-6-18(28)27-11-8-17(16-27)24-19(22-5)23-9-7-10-25-12-14-26(15-13-25)20(29)30-21(2,3)4;/h17H,6-16H2,1-5H3,(H2,22,23,24);1H. The van der Waals surface area contributed by atoms with Crippen LogP contribution in [0.4, 0.5) is 4.79 Å². The van der Waals surface area contributed by atoms with E-state index in [1.807, 2.05) is 32.6 Å². The van der Waals surface area contributed by atoms with Crippen molar-refractivity contribution in [3.63, 3.8) is 0 Å². The van der Waals surface area contributed by atoms with Crippen molar-refractivity contribution < 1.29 is 14.3 Å². The molecule has 1 atom stereocenters. The van der Waals surface area contributed by atoms with Crippen LogP contribution in [0.5, 0.6) is 0 Å². The van der Waals surface area contributed by atoms with Gasteiger partial charge in [-0.2, -0.15) is 0 Å². The van der Waals surface area contributed by atoms with Crippen molar-refractivity contribution in [3.8, 4) is 0 Å². The van der Waals surface area contributed by atoms with E-state index in [9.17, 15) is 9.59 Å². The fourth-order valence-corrected chi connectivity index (χ4v) is 3.71.